The largest absolute Gasteiger partial charge is 0.326 e. The van der Waals surface area contributed by atoms with Crippen molar-refractivity contribution >= 4 is 46.3 Å². The molecule has 3 rings (SSSR count). The van der Waals surface area contributed by atoms with Gasteiger partial charge in [-0.3, -0.25) is 28.8 Å². The SMILES string of the molecule is CC1(CCCC(=O)Nc2ccc(NC(=O)CCCC3(C)C(=O)C=CC3=O)cc2)C(=O)C=CC1=O. The Balaban J connectivity index is 1.39. The normalized spacial score (nSPS) is 17.9. The standard InChI is InChI=1S/C26H28N2O6/c1-25(19(29)11-12-20(25)30)15-3-5-23(33)27-17-7-9-18(10-8-17)28-24(34)6-4-16-26(2)21(31)13-14-22(26)32/h7-14H,3-6,15-16H2,1-2H3,(H,27,33)(H,28,34). The molecule has 2 N–H and O–H groups in total. The van der Waals surface area contributed by atoms with Crippen molar-refractivity contribution in [1.29, 1.82) is 0 Å². The van der Waals surface area contributed by atoms with Crippen molar-refractivity contribution in [1.82, 2.24) is 0 Å². The van der Waals surface area contributed by atoms with Crippen LogP contribution in [0.2, 0.25) is 0 Å². The van der Waals surface area contributed by atoms with Crippen LogP contribution in [0.1, 0.15) is 52.4 Å². The Morgan fingerprint density at radius 1 is 0.618 bits per heavy atom. The molecule has 0 aromatic heterocycles. The Labute approximate surface area is 197 Å². The predicted octanol–water partition coefficient (Wildman–Crippen LogP) is 3.33. The summed E-state index contributed by atoms with van der Waals surface area (Å²) < 4.78 is 0. The summed E-state index contributed by atoms with van der Waals surface area (Å²) in [4.78, 5) is 71.9. The van der Waals surface area contributed by atoms with Gasteiger partial charge in [-0.2, -0.15) is 0 Å². The van der Waals surface area contributed by atoms with Crippen molar-refractivity contribution in [3.05, 3.63) is 48.6 Å². The number of ketones is 4. The molecule has 0 radical (unpaired) electrons. The molecule has 1 aromatic rings. The van der Waals surface area contributed by atoms with Crippen molar-refractivity contribution < 1.29 is 28.8 Å². The van der Waals surface area contributed by atoms with Gasteiger partial charge < -0.3 is 10.6 Å². The molecule has 2 aliphatic carbocycles. The van der Waals surface area contributed by atoms with Crippen molar-refractivity contribution in [3.63, 3.8) is 0 Å². The number of anilines is 2. The van der Waals surface area contributed by atoms with E-state index in [1.54, 1.807) is 38.1 Å². The molecule has 0 bridgehead atoms. The topological polar surface area (TPSA) is 126 Å². The molecule has 34 heavy (non-hydrogen) atoms. The third-order valence-corrected chi connectivity index (χ3v) is 6.56. The Bertz CT molecular complexity index is 974. The first-order chi connectivity index (χ1) is 16.0. The van der Waals surface area contributed by atoms with E-state index in [0.717, 1.165) is 0 Å². The minimum Gasteiger partial charge on any atom is -0.326 e. The zero-order valence-electron chi connectivity index (χ0n) is 19.3. The quantitative estimate of drug-likeness (QED) is 0.512. The Morgan fingerprint density at radius 2 is 0.912 bits per heavy atom. The third-order valence-electron chi connectivity index (χ3n) is 6.56. The van der Waals surface area contributed by atoms with Crippen LogP contribution in [0.15, 0.2) is 48.6 Å². The molecule has 178 valence electrons. The van der Waals surface area contributed by atoms with Gasteiger partial charge >= 0.3 is 0 Å². The van der Waals surface area contributed by atoms with Crippen LogP contribution >= 0.6 is 0 Å². The molecular formula is C26H28N2O6. The molecule has 0 unspecified atom stereocenters. The van der Waals surface area contributed by atoms with Gasteiger partial charge in [0.25, 0.3) is 0 Å². The van der Waals surface area contributed by atoms with Crippen LogP contribution < -0.4 is 10.6 Å². The summed E-state index contributed by atoms with van der Waals surface area (Å²) in [5.41, 5.74) is -1.00. The zero-order chi connectivity index (χ0) is 24.9. The van der Waals surface area contributed by atoms with E-state index < -0.39 is 10.8 Å². The minimum atomic E-state index is -1.06. The molecule has 0 atom stereocenters. The van der Waals surface area contributed by atoms with Gasteiger partial charge in [-0.05, 0) is 88.1 Å². The number of carbonyl (C=O) groups is 6. The maximum Gasteiger partial charge on any atom is 0.224 e. The number of amides is 2. The third kappa shape index (κ3) is 5.44. The highest BCUT2D eigenvalue weighted by molar-refractivity contribution is 6.22. The van der Waals surface area contributed by atoms with Crippen molar-refractivity contribution in [3.8, 4) is 0 Å². The number of hydrogen-bond acceptors (Lipinski definition) is 6. The van der Waals surface area contributed by atoms with Gasteiger partial charge in [0.2, 0.25) is 11.8 Å². The van der Waals surface area contributed by atoms with Crippen molar-refractivity contribution in [2.45, 2.75) is 52.4 Å². The average molecular weight is 465 g/mol. The number of allylic oxidation sites excluding steroid dienone is 4. The minimum absolute atomic E-state index is 0.175. The molecule has 0 heterocycles. The van der Waals surface area contributed by atoms with E-state index >= 15 is 0 Å². The average Bonchev–Trinajstić information content (AvgIpc) is 3.19. The number of nitrogens with one attached hydrogen (secondary N) is 2. The molecule has 0 saturated heterocycles. The summed E-state index contributed by atoms with van der Waals surface area (Å²) in [7, 11) is 0. The lowest BCUT2D eigenvalue weighted by Crippen LogP contribution is -2.30. The lowest BCUT2D eigenvalue weighted by Gasteiger charge is -2.19. The summed E-state index contributed by atoms with van der Waals surface area (Å²) in [6.45, 7) is 3.21. The zero-order valence-corrected chi connectivity index (χ0v) is 19.3. The molecule has 1 aromatic carbocycles. The molecule has 8 heteroatoms. The van der Waals surface area contributed by atoms with Crippen LogP contribution in [0.4, 0.5) is 11.4 Å². The summed E-state index contributed by atoms with van der Waals surface area (Å²) in [6.07, 6.45) is 6.94. The van der Waals surface area contributed by atoms with E-state index in [-0.39, 0.29) is 47.8 Å². The van der Waals surface area contributed by atoms with Gasteiger partial charge in [0.15, 0.2) is 23.1 Å². The summed E-state index contributed by atoms with van der Waals surface area (Å²) in [5.74, 6) is -1.34. The monoisotopic (exact) mass is 464 g/mol. The van der Waals surface area contributed by atoms with Crippen LogP contribution in [0, 0.1) is 10.8 Å². The fourth-order valence-corrected chi connectivity index (χ4v) is 4.06. The van der Waals surface area contributed by atoms with Gasteiger partial charge in [0.05, 0.1) is 10.8 Å². The van der Waals surface area contributed by atoms with Crippen LogP contribution in [0.3, 0.4) is 0 Å². The molecule has 0 fully saturated rings. The van der Waals surface area contributed by atoms with Crippen LogP contribution in [0.25, 0.3) is 0 Å². The first-order valence-corrected chi connectivity index (χ1v) is 11.3. The van der Waals surface area contributed by atoms with E-state index in [1.165, 1.54) is 24.3 Å². The second-order valence-electron chi connectivity index (χ2n) is 9.17. The van der Waals surface area contributed by atoms with E-state index in [0.29, 0.717) is 37.1 Å². The van der Waals surface area contributed by atoms with E-state index in [2.05, 4.69) is 10.6 Å². The summed E-state index contributed by atoms with van der Waals surface area (Å²) >= 11 is 0. The highest BCUT2D eigenvalue weighted by Gasteiger charge is 2.42. The molecule has 0 spiro atoms. The van der Waals surface area contributed by atoms with E-state index in [1.807, 2.05) is 0 Å². The summed E-state index contributed by atoms with van der Waals surface area (Å²) in [6, 6.07) is 6.63. The van der Waals surface area contributed by atoms with Crippen LogP contribution in [0.5, 0.6) is 0 Å². The molecule has 0 saturated carbocycles. The Hall–Kier alpha value is -3.68. The molecule has 2 aliphatic rings. The number of hydrogen-bond donors (Lipinski definition) is 2. The molecule has 8 nitrogen and oxygen atoms in total. The maximum atomic E-state index is 12.2. The van der Waals surface area contributed by atoms with Gasteiger partial charge in [-0.1, -0.05) is 0 Å². The first-order valence-electron chi connectivity index (χ1n) is 11.3. The van der Waals surface area contributed by atoms with Crippen molar-refractivity contribution in [2.24, 2.45) is 10.8 Å². The van der Waals surface area contributed by atoms with Crippen LogP contribution in [-0.4, -0.2) is 34.9 Å². The second kappa shape index (κ2) is 10.1. The fourth-order valence-electron chi connectivity index (χ4n) is 4.06. The molecule has 0 aliphatic heterocycles. The number of carbonyl (C=O) groups excluding carboxylic acids is 6. The Morgan fingerprint density at radius 3 is 1.21 bits per heavy atom. The summed E-state index contributed by atoms with van der Waals surface area (Å²) in [5, 5.41) is 5.51. The van der Waals surface area contributed by atoms with Gasteiger partial charge in [-0.25, -0.2) is 0 Å². The van der Waals surface area contributed by atoms with E-state index in [4.69, 9.17) is 0 Å². The highest BCUT2D eigenvalue weighted by Crippen LogP contribution is 2.33. The lowest BCUT2D eigenvalue weighted by atomic mass is 9.81. The highest BCUT2D eigenvalue weighted by atomic mass is 16.2. The van der Waals surface area contributed by atoms with Crippen LogP contribution in [-0.2, 0) is 28.8 Å². The van der Waals surface area contributed by atoms with Gasteiger partial charge in [-0.15, -0.1) is 0 Å². The fraction of sp³-hybridized carbons (Fsp3) is 0.385. The van der Waals surface area contributed by atoms with Gasteiger partial charge in [0, 0.05) is 24.2 Å². The lowest BCUT2D eigenvalue weighted by molar-refractivity contribution is -0.134. The van der Waals surface area contributed by atoms with E-state index in [9.17, 15) is 28.8 Å². The first kappa shape index (κ1) is 25.0. The smallest absolute Gasteiger partial charge is 0.224 e. The number of benzene rings is 1. The number of rotatable bonds is 10. The predicted molar refractivity (Wildman–Crippen MR) is 126 cm³/mol. The molecular weight excluding hydrogens is 436 g/mol. The maximum absolute atomic E-state index is 12.2. The van der Waals surface area contributed by atoms with Gasteiger partial charge in [0.1, 0.15) is 0 Å². The molecule has 2 amide bonds. The van der Waals surface area contributed by atoms with Crippen molar-refractivity contribution in [2.75, 3.05) is 10.6 Å². The second-order valence-corrected chi connectivity index (χ2v) is 9.17. The Kier molecular flexibility index (Phi) is 7.39.